The van der Waals surface area contributed by atoms with Crippen molar-refractivity contribution in [2.45, 2.75) is 6.54 Å². The molecule has 2 aromatic rings. The topological polar surface area (TPSA) is 69.8 Å². The summed E-state index contributed by atoms with van der Waals surface area (Å²) in [6.07, 6.45) is 3.27. The van der Waals surface area contributed by atoms with Gasteiger partial charge in [-0.1, -0.05) is 12.1 Å². The smallest absolute Gasteiger partial charge is 0.319 e. The second-order valence-corrected chi connectivity index (χ2v) is 3.39. The van der Waals surface area contributed by atoms with E-state index >= 15 is 0 Å². The van der Waals surface area contributed by atoms with E-state index in [2.05, 4.69) is 20.8 Å². The molecule has 17 heavy (non-hydrogen) atoms. The van der Waals surface area contributed by atoms with Crippen molar-refractivity contribution in [3.8, 4) is 0 Å². The lowest BCUT2D eigenvalue weighted by atomic mass is 10.3. The highest BCUT2D eigenvalue weighted by Gasteiger charge is 2.05. The van der Waals surface area contributed by atoms with Crippen LogP contribution in [0.25, 0.3) is 0 Å². The standard InChI is InChI=1S/C11H11FN4O/c12-9-3-1-2-4-10(9)16-11(17)13-5-8-6-14-15-7-8/h1-4,6-7H,5H2,(H,14,15)(H2,13,16,17). The number of halogens is 1. The van der Waals surface area contributed by atoms with Crippen LogP contribution in [0.5, 0.6) is 0 Å². The second-order valence-electron chi connectivity index (χ2n) is 3.39. The number of carbonyl (C=O) groups is 1. The summed E-state index contributed by atoms with van der Waals surface area (Å²) in [6, 6.07) is 5.52. The highest BCUT2D eigenvalue weighted by molar-refractivity contribution is 5.89. The van der Waals surface area contributed by atoms with E-state index in [4.69, 9.17) is 0 Å². The normalized spacial score (nSPS) is 9.94. The Morgan fingerprint density at radius 2 is 2.24 bits per heavy atom. The molecule has 88 valence electrons. The van der Waals surface area contributed by atoms with Crippen molar-refractivity contribution in [2.75, 3.05) is 5.32 Å². The monoisotopic (exact) mass is 234 g/mol. The SMILES string of the molecule is O=C(NCc1cn[nH]c1)Nc1ccccc1F. The third-order valence-corrected chi connectivity index (χ3v) is 2.13. The molecule has 2 amide bonds. The summed E-state index contributed by atoms with van der Waals surface area (Å²) in [5.74, 6) is -0.467. The third kappa shape index (κ3) is 3.04. The minimum absolute atomic E-state index is 0.150. The molecule has 1 aromatic carbocycles. The molecule has 0 radical (unpaired) electrons. The van der Waals surface area contributed by atoms with E-state index in [1.807, 2.05) is 0 Å². The minimum Gasteiger partial charge on any atom is -0.334 e. The van der Waals surface area contributed by atoms with E-state index in [1.165, 1.54) is 12.1 Å². The molecule has 5 nitrogen and oxygen atoms in total. The lowest BCUT2D eigenvalue weighted by Crippen LogP contribution is -2.28. The first-order chi connectivity index (χ1) is 8.25. The molecule has 3 N–H and O–H groups in total. The van der Waals surface area contributed by atoms with Crippen molar-refractivity contribution < 1.29 is 9.18 Å². The number of aromatic amines is 1. The fourth-order valence-corrected chi connectivity index (χ4v) is 1.29. The zero-order valence-corrected chi connectivity index (χ0v) is 8.90. The molecule has 0 fully saturated rings. The number of nitrogens with one attached hydrogen (secondary N) is 3. The Labute approximate surface area is 97.0 Å². The molecule has 0 bridgehead atoms. The molecule has 0 unspecified atom stereocenters. The van der Waals surface area contributed by atoms with Crippen molar-refractivity contribution in [2.24, 2.45) is 0 Å². The molecule has 1 heterocycles. The van der Waals surface area contributed by atoms with Gasteiger partial charge in [0.1, 0.15) is 5.82 Å². The van der Waals surface area contributed by atoms with E-state index in [-0.39, 0.29) is 5.69 Å². The van der Waals surface area contributed by atoms with Crippen molar-refractivity contribution >= 4 is 11.7 Å². The summed E-state index contributed by atoms with van der Waals surface area (Å²) in [7, 11) is 0. The highest BCUT2D eigenvalue weighted by Crippen LogP contribution is 2.11. The van der Waals surface area contributed by atoms with Crippen LogP contribution in [0.15, 0.2) is 36.7 Å². The number of amides is 2. The summed E-state index contributed by atoms with van der Waals surface area (Å²) in [6.45, 7) is 0.330. The van der Waals surface area contributed by atoms with Crippen molar-refractivity contribution in [1.29, 1.82) is 0 Å². The predicted octanol–water partition coefficient (Wildman–Crippen LogP) is 1.87. The third-order valence-electron chi connectivity index (χ3n) is 2.13. The van der Waals surface area contributed by atoms with Crippen LogP contribution in [0, 0.1) is 5.82 Å². The maximum Gasteiger partial charge on any atom is 0.319 e. The van der Waals surface area contributed by atoms with Crippen LogP contribution >= 0.6 is 0 Å². The molecule has 0 aliphatic rings. The van der Waals surface area contributed by atoms with Gasteiger partial charge >= 0.3 is 6.03 Å². The van der Waals surface area contributed by atoms with Gasteiger partial charge in [0.05, 0.1) is 11.9 Å². The number of hydrogen-bond acceptors (Lipinski definition) is 2. The first kappa shape index (κ1) is 11.1. The Morgan fingerprint density at radius 3 is 2.94 bits per heavy atom. The number of aromatic nitrogens is 2. The molecule has 6 heteroatoms. The summed E-state index contributed by atoms with van der Waals surface area (Å²) in [5.41, 5.74) is 0.992. The van der Waals surface area contributed by atoms with E-state index in [0.717, 1.165) is 5.56 Å². The molecule has 0 aliphatic heterocycles. The van der Waals surface area contributed by atoms with Gasteiger partial charge in [-0.2, -0.15) is 5.10 Å². The van der Waals surface area contributed by atoms with Gasteiger partial charge in [-0.3, -0.25) is 5.10 Å². The average molecular weight is 234 g/mol. The largest absolute Gasteiger partial charge is 0.334 e. The van der Waals surface area contributed by atoms with Gasteiger partial charge in [0.15, 0.2) is 0 Å². The maximum atomic E-state index is 13.2. The quantitative estimate of drug-likeness (QED) is 0.758. The van der Waals surface area contributed by atoms with Crippen molar-refractivity contribution in [1.82, 2.24) is 15.5 Å². The van der Waals surface area contributed by atoms with Crippen molar-refractivity contribution in [3.63, 3.8) is 0 Å². The Balaban J connectivity index is 1.87. The predicted molar refractivity (Wildman–Crippen MR) is 60.8 cm³/mol. The van der Waals surface area contributed by atoms with Crippen LogP contribution in [0.1, 0.15) is 5.56 Å². The molecule has 0 atom stereocenters. The number of nitrogens with zero attached hydrogens (tertiary/aromatic N) is 1. The number of para-hydroxylation sites is 1. The van der Waals surface area contributed by atoms with Crippen LogP contribution in [-0.4, -0.2) is 16.2 Å². The second kappa shape index (κ2) is 5.11. The fourth-order valence-electron chi connectivity index (χ4n) is 1.29. The van der Waals surface area contributed by atoms with Crippen LogP contribution in [0.3, 0.4) is 0 Å². The Kier molecular flexibility index (Phi) is 3.34. The fraction of sp³-hybridized carbons (Fsp3) is 0.0909. The van der Waals surface area contributed by atoms with Crippen LogP contribution in [0.4, 0.5) is 14.9 Å². The minimum atomic E-state index is -0.467. The highest BCUT2D eigenvalue weighted by atomic mass is 19.1. The lowest BCUT2D eigenvalue weighted by molar-refractivity contribution is 0.251. The Bertz CT molecular complexity index is 498. The number of H-pyrrole nitrogens is 1. The summed E-state index contributed by atoms with van der Waals surface area (Å²) < 4.78 is 13.2. The van der Waals surface area contributed by atoms with Gasteiger partial charge in [0, 0.05) is 18.3 Å². The molecule has 0 spiro atoms. The number of urea groups is 1. The lowest BCUT2D eigenvalue weighted by Gasteiger charge is -2.07. The number of benzene rings is 1. The van der Waals surface area contributed by atoms with Gasteiger partial charge in [-0.05, 0) is 12.1 Å². The van der Waals surface area contributed by atoms with Crippen LogP contribution in [-0.2, 0) is 6.54 Å². The molecular formula is C11H11FN4O. The zero-order chi connectivity index (χ0) is 12.1. The summed E-state index contributed by atoms with van der Waals surface area (Å²) in [4.78, 5) is 11.4. The van der Waals surface area contributed by atoms with Gasteiger partial charge < -0.3 is 10.6 Å². The zero-order valence-electron chi connectivity index (χ0n) is 8.90. The van der Waals surface area contributed by atoms with Crippen LogP contribution in [0.2, 0.25) is 0 Å². The number of anilines is 1. The van der Waals surface area contributed by atoms with Gasteiger partial charge in [-0.25, -0.2) is 9.18 Å². The first-order valence-corrected chi connectivity index (χ1v) is 5.03. The number of rotatable bonds is 3. The van der Waals surface area contributed by atoms with Gasteiger partial charge in [0.2, 0.25) is 0 Å². The average Bonchev–Trinajstić information content (AvgIpc) is 2.82. The molecule has 0 saturated heterocycles. The van der Waals surface area contributed by atoms with E-state index in [0.29, 0.717) is 6.54 Å². The van der Waals surface area contributed by atoms with Gasteiger partial charge in [0.25, 0.3) is 0 Å². The number of carbonyl (C=O) groups excluding carboxylic acids is 1. The molecule has 1 aromatic heterocycles. The van der Waals surface area contributed by atoms with Gasteiger partial charge in [-0.15, -0.1) is 0 Å². The van der Waals surface area contributed by atoms with E-state index < -0.39 is 11.8 Å². The summed E-state index contributed by atoms with van der Waals surface area (Å²) in [5, 5.41) is 11.4. The molecule has 0 saturated carbocycles. The first-order valence-electron chi connectivity index (χ1n) is 5.03. The Morgan fingerprint density at radius 1 is 1.41 bits per heavy atom. The summed E-state index contributed by atoms with van der Waals surface area (Å²) >= 11 is 0. The van der Waals surface area contributed by atoms with Crippen LogP contribution < -0.4 is 10.6 Å². The molecular weight excluding hydrogens is 223 g/mol. The molecule has 2 rings (SSSR count). The van der Waals surface area contributed by atoms with E-state index in [1.54, 1.807) is 24.5 Å². The van der Waals surface area contributed by atoms with Crippen molar-refractivity contribution in [3.05, 3.63) is 48.0 Å². The maximum absolute atomic E-state index is 13.2. The Hall–Kier alpha value is -2.37. The number of hydrogen-bond donors (Lipinski definition) is 3. The molecule has 0 aliphatic carbocycles. The van der Waals surface area contributed by atoms with E-state index in [9.17, 15) is 9.18 Å².